The van der Waals surface area contributed by atoms with Crippen LogP contribution in [0.2, 0.25) is 0 Å². The molecule has 1 amide bonds. The first-order valence-corrected chi connectivity index (χ1v) is 22.8. The van der Waals surface area contributed by atoms with Gasteiger partial charge in [-0.25, -0.2) is 13.2 Å². The van der Waals surface area contributed by atoms with Gasteiger partial charge in [-0.2, -0.15) is 28.4 Å². The van der Waals surface area contributed by atoms with Crippen molar-refractivity contribution in [3.8, 4) is 29.1 Å². The fourth-order valence-corrected chi connectivity index (χ4v) is 10.9. The van der Waals surface area contributed by atoms with Crippen LogP contribution in [0.5, 0.6) is 11.9 Å². The predicted octanol–water partition coefficient (Wildman–Crippen LogP) is 8.20. The lowest BCUT2D eigenvalue weighted by atomic mass is 9.91. The molecule has 4 aliphatic rings. The van der Waals surface area contributed by atoms with Crippen molar-refractivity contribution in [3.05, 3.63) is 52.8 Å². The first-order valence-electron chi connectivity index (χ1n) is 22.0. The summed E-state index contributed by atoms with van der Waals surface area (Å²) in [5.74, 6) is -2.20. The number of piperazine rings is 1. The first-order chi connectivity index (χ1) is 31.0. The molecule has 0 saturated carbocycles. The lowest BCUT2D eigenvalue weighted by molar-refractivity contribution is -0.137. The Labute approximate surface area is 374 Å². The van der Waals surface area contributed by atoms with Crippen molar-refractivity contribution in [2.75, 3.05) is 63.1 Å². The summed E-state index contributed by atoms with van der Waals surface area (Å²) in [5.41, 5.74) is 1.03. The number of piperidine rings is 1. The number of nitrogens with zero attached hydrogens (tertiary/aromatic N) is 7. The molecule has 0 radical (unpaired) electrons. The Morgan fingerprint density at radius 3 is 2.49 bits per heavy atom. The lowest BCUT2D eigenvalue weighted by Crippen LogP contribution is -2.51. The topological polar surface area (TPSA) is 159 Å². The molecule has 3 N–H and O–H groups in total. The Hall–Kier alpha value is -5.39. The van der Waals surface area contributed by atoms with Crippen LogP contribution < -0.4 is 25.4 Å². The number of nitrogen functional groups attached to an aromatic ring is 1. The summed E-state index contributed by atoms with van der Waals surface area (Å²) in [6.07, 6.45) is -1.21. The van der Waals surface area contributed by atoms with Crippen molar-refractivity contribution in [1.29, 1.82) is 5.26 Å². The Morgan fingerprint density at radius 1 is 1.09 bits per heavy atom. The highest BCUT2D eigenvalue weighted by atomic mass is 32.1. The summed E-state index contributed by atoms with van der Waals surface area (Å²) in [7, 11) is 0. The molecule has 20 heteroatoms. The van der Waals surface area contributed by atoms with Gasteiger partial charge in [0.2, 0.25) is 5.91 Å². The number of carbonyl (C=O) groups is 1. The summed E-state index contributed by atoms with van der Waals surface area (Å²) in [4.78, 5) is 28.0. The molecule has 0 spiro atoms. The van der Waals surface area contributed by atoms with Crippen LogP contribution in [-0.2, 0) is 11.0 Å². The van der Waals surface area contributed by atoms with Crippen molar-refractivity contribution in [2.24, 2.45) is 5.92 Å². The van der Waals surface area contributed by atoms with E-state index >= 15 is 26.3 Å². The molecule has 3 aromatic heterocycles. The highest BCUT2D eigenvalue weighted by molar-refractivity contribution is 7.23. The maximum Gasteiger partial charge on any atom is 0.417 e. The number of carbonyl (C=O) groups excluding carboxylic acids is 1. The normalized spacial score (nSPS) is 21.7. The van der Waals surface area contributed by atoms with Crippen LogP contribution in [0.4, 0.5) is 37.2 Å². The number of halogens is 6. The lowest BCUT2D eigenvalue weighted by Gasteiger charge is -2.35. The Balaban J connectivity index is 0.924. The highest BCUT2D eigenvalue weighted by Gasteiger charge is 2.41. The molecule has 4 aliphatic heterocycles. The van der Waals surface area contributed by atoms with Gasteiger partial charge in [0.15, 0.2) is 11.6 Å². The van der Waals surface area contributed by atoms with Crippen molar-refractivity contribution >= 4 is 49.1 Å². The minimum absolute atomic E-state index is 0.00535. The molecule has 9 rings (SSSR count). The Morgan fingerprint density at radius 2 is 1.83 bits per heavy atom. The molecule has 65 heavy (non-hydrogen) atoms. The molecule has 2 aromatic carbocycles. The second-order valence-corrected chi connectivity index (χ2v) is 19.1. The minimum atomic E-state index is -5.09. The number of anilines is 2. The summed E-state index contributed by atoms with van der Waals surface area (Å²) in [6, 6.07) is 6.14. The van der Waals surface area contributed by atoms with Gasteiger partial charge in [-0.3, -0.25) is 9.69 Å². The molecule has 7 heterocycles. The van der Waals surface area contributed by atoms with Gasteiger partial charge in [-0.1, -0.05) is 19.9 Å². The van der Waals surface area contributed by atoms with E-state index < -0.39 is 46.0 Å². The van der Waals surface area contributed by atoms with Gasteiger partial charge in [0.1, 0.15) is 53.0 Å². The molecule has 346 valence electrons. The molecular weight excluding hydrogens is 877 g/mol. The number of hydrogen-bond donors (Lipinski definition) is 2. The number of nitriles is 1. The van der Waals surface area contributed by atoms with E-state index in [-0.39, 0.29) is 105 Å². The number of rotatable bonds is 12. The van der Waals surface area contributed by atoms with E-state index in [1.165, 1.54) is 0 Å². The number of likely N-dealkylation sites (tertiary alicyclic amines) is 2. The van der Waals surface area contributed by atoms with Crippen LogP contribution in [0.15, 0.2) is 28.8 Å². The van der Waals surface area contributed by atoms with E-state index in [4.69, 9.17) is 19.7 Å². The van der Waals surface area contributed by atoms with Crippen LogP contribution >= 0.6 is 11.3 Å². The van der Waals surface area contributed by atoms with Gasteiger partial charge in [0, 0.05) is 79.8 Å². The SMILES string of the molecule is CC(C)C(C(=O)N1CCCC1C)c1cc(OCC2(F)CCN(CCOc3nc(N4CC5CCC(C4)N5)c4cc(C(F)(F)F)c(-c5ccc(F)c6sc(N)c(C#N)c56)c(F)c4n3)CC2)no1. The minimum Gasteiger partial charge on any atom is -0.472 e. The summed E-state index contributed by atoms with van der Waals surface area (Å²) >= 11 is 0.691. The van der Waals surface area contributed by atoms with E-state index in [1.54, 1.807) is 6.07 Å². The average molecular weight is 926 g/mol. The third kappa shape index (κ3) is 8.62. The number of thiophene rings is 1. The molecule has 0 aliphatic carbocycles. The van der Waals surface area contributed by atoms with E-state index in [0.717, 1.165) is 43.9 Å². The number of nitrogens with two attached hydrogens (primary N) is 1. The van der Waals surface area contributed by atoms with E-state index in [0.29, 0.717) is 56.4 Å². The highest BCUT2D eigenvalue weighted by Crippen LogP contribution is 2.48. The Bertz CT molecular complexity index is 2650. The van der Waals surface area contributed by atoms with E-state index in [2.05, 4.69) is 20.4 Å². The molecule has 4 saturated heterocycles. The molecular formula is C45H49F6N9O4S. The summed E-state index contributed by atoms with van der Waals surface area (Å²) < 4.78 is 111. The van der Waals surface area contributed by atoms with Gasteiger partial charge >= 0.3 is 12.2 Å². The summed E-state index contributed by atoms with van der Waals surface area (Å²) in [6.45, 7) is 8.16. The number of hydrogen-bond acceptors (Lipinski definition) is 13. The van der Waals surface area contributed by atoms with Crippen molar-refractivity contribution < 1.29 is 45.1 Å². The van der Waals surface area contributed by atoms with Crippen LogP contribution in [0.3, 0.4) is 0 Å². The van der Waals surface area contributed by atoms with Gasteiger partial charge in [0.25, 0.3) is 5.88 Å². The summed E-state index contributed by atoms with van der Waals surface area (Å²) in [5, 5.41) is 16.9. The maximum atomic E-state index is 17.2. The number of nitrogens with one attached hydrogen (secondary N) is 1. The predicted molar refractivity (Wildman–Crippen MR) is 232 cm³/mol. The van der Waals surface area contributed by atoms with Crippen LogP contribution in [0.1, 0.15) is 82.1 Å². The fraction of sp³-hybridized carbons (Fsp3) is 0.533. The first kappa shape index (κ1) is 44.8. The van der Waals surface area contributed by atoms with Crippen molar-refractivity contribution in [1.82, 2.24) is 30.2 Å². The van der Waals surface area contributed by atoms with E-state index in [9.17, 15) is 10.1 Å². The number of benzene rings is 2. The zero-order valence-corrected chi connectivity index (χ0v) is 36.9. The van der Waals surface area contributed by atoms with Gasteiger partial charge in [-0.15, -0.1) is 11.3 Å². The van der Waals surface area contributed by atoms with Crippen LogP contribution in [0.25, 0.3) is 32.1 Å². The molecule has 4 fully saturated rings. The van der Waals surface area contributed by atoms with Gasteiger partial charge in [0.05, 0.1) is 15.8 Å². The monoisotopic (exact) mass is 925 g/mol. The molecule has 4 atom stereocenters. The van der Waals surface area contributed by atoms with Crippen LogP contribution in [0, 0.1) is 28.9 Å². The van der Waals surface area contributed by atoms with Crippen molar-refractivity contribution in [2.45, 2.75) is 95.2 Å². The molecule has 5 aromatic rings. The quantitative estimate of drug-likeness (QED) is 0.116. The number of amides is 1. The van der Waals surface area contributed by atoms with Crippen LogP contribution in [-0.4, -0.2) is 107 Å². The second-order valence-electron chi connectivity index (χ2n) is 18.1. The number of fused-ring (bicyclic) bond motifs is 4. The second kappa shape index (κ2) is 17.4. The third-order valence-corrected chi connectivity index (χ3v) is 14.4. The molecule has 4 unspecified atom stereocenters. The number of ether oxygens (including phenoxy) is 2. The number of alkyl halides is 4. The fourth-order valence-electron chi connectivity index (χ4n) is 9.91. The van der Waals surface area contributed by atoms with Crippen molar-refractivity contribution in [3.63, 3.8) is 0 Å². The standard InChI is InChI=1S/C45H49F6N9O4S/c1-23(2)34(42(61)60-12-4-5-24(60)3)32-18-33(57-64-32)63-22-44(48)10-13-58(14-11-44)15-16-62-43-55-38-28(41(56-43)59-20-25-6-7-26(21-59)54-25)17-30(45(49,50)51)36(37(38)47)27-8-9-31(46)39-35(27)29(19-52)40(53)65-39/h8-9,17-18,23-26,34,54H,4-7,10-16,20-22,53H2,1-3H3. The smallest absolute Gasteiger partial charge is 0.417 e. The van der Waals surface area contributed by atoms with E-state index in [1.807, 2.05) is 41.5 Å². The zero-order valence-electron chi connectivity index (χ0n) is 36.1. The molecule has 2 bridgehead atoms. The zero-order chi connectivity index (χ0) is 45.9. The number of aromatic nitrogens is 3. The van der Waals surface area contributed by atoms with Gasteiger partial charge < -0.3 is 34.8 Å². The Kier molecular flexibility index (Phi) is 12.0. The maximum absolute atomic E-state index is 17.2. The average Bonchev–Trinajstić information content (AvgIpc) is 4.07. The van der Waals surface area contributed by atoms with Gasteiger partial charge in [-0.05, 0) is 74.2 Å². The molecule has 13 nitrogen and oxygen atoms in total. The third-order valence-electron chi connectivity index (χ3n) is 13.4. The largest absolute Gasteiger partial charge is 0.472 e.